The largest absolute Gasteiger partial charge is 0.481 e. The third-order valence-electron chi connectivity index (χ3n) is 2.05. The normalized spacial score (nSPS) is 10.4. The van der Waals surface area contributed by atoms with Crippen molar-refractivity contribution in [1.82, 2.24) is 10.1 Å². The summed E-state index contributed by atoms with van der Waals surface area (Å²) in [5.74, 6) is -0.0820. The van der Waals surface area contributed by atoms with Gasteiger partial charge in [-0.2, -0.15) is 0 Å². The Bertz CT molecular complexity index is 481. The van der Waals surface area contributed by atoms with Crippen LogP contribution >= 0.6 is 11.3 Å². The Morgan fingerprint density at radius 2 is 2.47 bits per heavy atom. The summed E-state index contributed by atoms with van der Waals surface area (Å²) in [6.07, 6.45) is 2.14. The number of anilines is 1. The monoisotopic (exact) mass is 253 g/mol. The Morgan fingerprint density at radius 1 is 1.59 bits per heavy atom. The topological polar surface area (TPSA) is 88.2 Å². The second kappa shape index (κ2) is 5.44. The molecule has 0 bridgehead atoms. The van der Waals surface area contributed by atoms with Gasteiger partial charge in [0, 0.05) is 17.9 Å². The first-order chi connectivity index (χ1) is 8.24. The maximum Gasteiger partial charge on any atom is 0.303 e. The number of rotatable bonds is 6. The highest BCUT2D eigenvalue weighted by molar-refractivity contribution is 7.13. The molecule has 6 nitrogen and oxygen atoms in total. The van der Waals surface area contributed by atoms with Crippen LogP contribution in [0.1, 0.15) is 17.9 Å². The lowest BCUT2D eigenvalue weighted by molar-refractivity contribution is -0.136. The lowest BCUT2D eigenvalue weighted by Gasteiger charge is -1.97. The van der Waals surface area contributed by atoms with Crippen LogP contribution in [0.5, 0.6) is 0 Å². The minimum absolute atomic E-state index is 0.102. The summed E-state index contributed by atoms with van der Waals surface area (Å²) in [4.78, 5) is 14.7. The van der Waals surface area contributed by atoms with Crippen LogP contribution in [0, 0.1) is 0 Å². The number of carboxylic acids is 1. The molecule has 0 atom stereocenters. The van der Waals surface area contributed by atoms with E-state index in [0.29, 0.717) is 13.0 Å². The summed E-state index contributed by atoms with van der Waals surface area (Å²) in [6, 6.07) is 1.77. The van der Waals surface area contributed by atoms with Gasteiger partial charge in [-0.3, -0.25) is 4.79 Å². The predicted molar refractivity (Wildman–Crippen MR) is 61.9 cm³/mol. The molecule has 0 saturated heterocycles. The fourth-order valence-corrected chi connectivity index (χ4v) is 1.98. The first-order valence-corrected chi connectivity index (χ1v) is 5.91. The second-order valence-electron chi connectivity index (χ2n) is 3.37. The summed E-state index contributed by atoms with van der Waals surface area (Å²) in [5.41, 5.74) is 0.789. The molecule has 17 heavy (non-hydrogen) atoms. The van der Waals surface area contributed by atoms with Crippen LogP contribution in [0.4, 0.5) is 5.13 Å². The number of hydrogen-bond acceptors (Lipinski definition) is 6. The Labute approximate surface area is 101 Å². The van der Waals surface area contributed by atoms with Gasteiger partial charge in [-0.15, -0.1) is 11.3 Å². The van der Waals surface area contributed by atoms with Crippen molar-refractivity contribution < 1.29 is 14.4 Å². The zero-order valence-corrected chi connectivity index (χ0v) is 9.74. The maximum atomic E-state index is 10.4. The third-order valence-corrected chi connectivity index (χ3v) is 2.90. The van der Waals surface area contributed by atoms with Gasteiger partial charge in [0.2, 0.25) is 0 Å². The molecule has 0 amide bonds. The number of carbonyl (C=O) groups is 1. The van der Waals surface area contributed by atoms with E-state index in [4.69, 9.17) is 9.63 Å². The maximum absolute atomic E-state index is 10.4. The summed E-state index contributed by atoms with van der Waals surface area (Å²) in [7, 11) is 0. The van der Waals surface area contributed by atoms with Gasteiger partial charge in [0.05, 0.1) is 24.9 Å². The molecule has 2 aromatic heterocycles. The van der Waals surface area contributed by atoms with Gasteiger partial charge in [0.25, 0.3) is 0 Å². The van der Waals surface area contributed by atoms with Gasteiger partial charge < -0.3 is 14.9 Å². The van der Waals surface area contributed by atoms with Crippen molar-refractivity contribution in [1.29, 1.82) is 0 Å². The van der Waals surface area contributed by atoms with Crippen LogP contribution in [0.3, 0.4) is 0 Å². The van der Waals surface area contributed by atoms with E-state index in [0.717, 1.165) is 16.6 Å². The van der Waals surface area contributed by atoms with Crippen LogP contribution in [-0.2, 0) is 17.8 Å². The van der Waals surface area contributed by atoms with E-state index in [-0.39, 0.29) is 6.42 Å². The van der Waals surface area contributed by atoms with Crippen molar-refractivity contribution in [2.75, 3.05) is 5.32 Å². The van der Waals surface area contributed by atoms with E-state index >= 15 is 0 Å². The van der Waals surface area contributed by atoms with Crippen LogP contribution in [-0.4, -0.2) is 21.2 Å². The van der Waals surface area contributed by atoms with Crippen molar-refractivity contribution in [3.05, 3.63) is 29.1 Å². The quantitative estimate of drug-likeness (QED) is 0.815. The molecular formula is C10H11N3O3S. The first-order valence-electron chi connectivity index (χ1n) is 5.03. The van der Waals surface area contributed by atoms with Crippen molar-refractivity contribution in [3.63, 3.8) is 0 Å². The molecule has 0 aliphatic heterocycles. The van der Waals surface area contributed by atoms with Crippen LogP contribution in [0.2, 0.25) is 0 Å². The van der Waals surface area contributed by atoms with E-state index in [1.807, 2.05) is 5.38 Å². The standard InChI is InChI=1S/C10H11N3O3S/c14-9(15)2-1-7-6-17-10(13-7)11-5-8-3-4-12-16-8/h3-4,6H,1-2,5H2,(H,11,13)(H,14,15). The molecular weight excluding hydrogens is 242 g/mol. The van der Waals surface area contributed by atoms with Gasteiger partial charge in [0.1, 0.15) is 0 Å². The number of thiazole rings is 1. The molecule has 0 radical (unpaired) electrons. The number of aromatic nitrogens is 2. The van der Waals surface area contributed by atoms with E-state index in [1.54, 1.807) is 12.3 Å². The molecule has 0 unspecified atom stereocenters. The smallest absolute Gasteiger partial charge is 0.303 e. The molecule has 2 rings (SSSR count). The zero-order valence-electron chi connectivity index (χ0n) is 8.92. The van der Waals surface area contributed by atoms with Gasteiger partial charge in [0.15, 0.2) is 10.9 Å². The van der Waals surface area contributed by atoms with Crippen LogP contribution in [0.25, 0.3) is 0 Å². The molecule has 0 fully saturated rings. The summed E-state index contributed by atoms with van der Waals surface area (Å²) < 4.78 is 4.93. The Kier molecular flexibility index (Phi) is 3.71. The molecule has 2 N–H and O–H groups in total. The SMILES string of the molecule is O=C(O)CCc1csc(NCc2ccno2)n1. The van der Waals surface area contributed by atoms with Gasteiger partial charge >= 0.3 is 5.97 Å². The fourth-order valence-electron chi connectivity index (χ4n) is 1.23. The highest BCUT2D eigenvalue weighted by Crippen LogP contribution is 2.17. The van der Waals surface area contributed by atoms with Crippen molar-refractivity contribution >= 4 is 22.4 Å². The molecule has 2 aromatic rings. The molecule has 0 spiro atoms. The average Bonchev–Trinajstić information content (AvgIpc) is 2.95. The lowest BCUT2D eigenvalue weighted by Crippen LogP contribution is -1.99. The summed E-state index contributed by atoms with van der Waals surface area (Å²) in [5, 5.41) is 17.8. The fraction of sp³-hybridized carbons (Fsp3) is 0.300. The van der Waals surface area contributed by atoms with Crippen molar-refractivity contribution in [2.24, 2.45) is 0 Å². The molecule has 0 saturated carbocycles. The lowest BCUT2D eigenvalue weighted by atomic mass is 10.2. The highest BCUT2D eigenvalue weighted by Gasteiger charge is 2.05. The molecule has 7 heteroatoms. The second-order valence-corrected chi connectivity index (χ2v) is 4.23. The molecule has 2 heterocycles. The zero-order chi connectivity index (χ0) is 12.1. The molecule has 90 valence electrons. The average molecular weight is 253 g/mol. The Hall–Kier alpha value is -1.89. The third kappa shape index (κ3) is 3.56. The number of aliphatic carboxylic acids is 1. The molecule has 0 aromatic carbocycles. The number of nitrogens with zero attached hydrogens (tertiary/aromatic N) is 2. The van der Waals surface area contributed by atoms with E-state index in [2.05, 4.69) is 15.5 Å². The molecule has 0 aliphatic rings. The summed E-state index contributed by atoms with van der Waals surface area (Å²) in [6.45, 7) is 0.520. The minimum atomic E-state index is -0.811. The predicted octanol–water partition coefficient (Wildman–Crippen LogP) is 1.76. The number of aryl methyl sites for hydroxylation is 1. The Morgan fingerprint density at radius 3 is 3.18 bits per heavy atom. The Balaban J connectivity index is 1.83. The van der Waals surface area contributed by atoms with Gasteiger partial charge in [-0.25, -0.2) is 4.98 Å². The van der Waals surface area contributed by atoms with Gasteiger partial charge in [-0.1, -0.05) is 5.16 Å². The summed E-state index contributed by atoms with van der Waals surface area (Å²) >= 11 is 1.45. The van der Waals surface area contributed by atoms with Gasteiger partial charge in [-0.05, 0) is 0 Å². The highest BCUT2D eigenvalue weighted by atomic mass is 32.1. The minimum Gasteiger partial charge on any atom is -0.481 e. The van der Waals surface area contributed by atoms with Crippen LogP contribution < -0.4 is 5.32 Å². The van der Waals surface area contributed by atoms with E-state index in [9.17, 15) is 4.79 Å². The number of carboxylic acid groups (broad SMARTS) is 1. The van der Waals surface area contributed by atoms with Crippen molar-refractivity contribution in [2.45, 2.75) is 19.4 Å². The van der Waals surface area contributed by atoms with E-state index in [1.165, 1.54) is 11.3 Å². The number of nitrogens with one attached hydrogen (secondary N) is 1. The van der Waals surface area contributed by atoms with E-state index < -0.39 is 5.97 Å². The first kappa shape index (κ1) is 11.6. The number of hydrogen-bond donors (Lipinski definition) is 2. The van der Waals surface area contributed by atoms with Crippen molar-refractivity contribution in [3.8, 4) is 0 Å². The van der Waals surface area contributed by atoms with Crippen LogP contribution in [0.15, 0.2) is 22.2 Å². The molecule has 0 aliphatic carbocycles.